The second kappa shape index (κ2) is 5.88. The van der Waals surface area contributed by atoms with E-state index >= 15 is 0 Å². The van der Waals surface area contributed by atoms with Crippen LogP contribution in [0.3, 0.4) is 0 Å². The van der Waals surface area contributed by atoms with Gasteiger partial charge in [0.05, 0.1) is 11.4 Å². The third kappa shape index (κ3) is 3.45. The van der Waals surface area contributed by atoms with Gasteiger partial charge in [0, 0.05) is 19.5 Å². The number of hydrogen-bond donors (Lipinski definition) is 1. The molecule has 2 fully saturated rings. The predicted molar refractivity (Wildman–Crippen MR) is 70.1 cm³/mol. The molecule has 0 aromatic rings. The van der Waals surface area contributed by atoms with Crippen molar-refractivity contribution in [2.45, 2.75) is 49.9 Å². The fourth-order valence-corrected chi connectivity index (χ4v) is 4.51. The first-order valence-electron chi connectivity index (χ1n) is 6.93. The highest BCUT2D eigenvalue weighted by molar-refractivity contribution is 7.91. The van der Waals surface area contributed by atoms with E-state index in [1.807, 2.05) is 0 Å². The van der Waals surface area contributed by atoms with E-state index in [2.05, 4.69) is 0 Å². The van der Waals surface area contributed by atoms with E-state index in [9.17, 15) is 13.5 Å². The fourth-order valence-electron chi connectivity index (χ4n) is 3.32. The predicted octanol–water partition coefficient (Wildman–Crippen LogP) is 1.38. The summed E-state index contributed by atoms with van der Waals surface area (Å²) < 4.78 is 28.6. The van der Waals surface area contributed by atoms with Gasteiger partial charge in [-0.25, -0.2) is 8.42 Å². The fraction of sp³-hybridized carbons (Fsp3) is 1.00. The molecule has 0 amide bonds. The maximum Gasteiger partial charge on any atom is 0.150 e. The first-order chi connectivity index (χ1) is 8.48. The van der Waals surface area contributed by atoms with Crippen LogP contribution in [0.1, 0.15) is 38.5 Å². The first-order valence-corrected chi connectivity index (χ1v) is 8.88. The van der Waals surface area contributed by atoms with Gasteiger partial charge in [-0.05, 0) is 43.9 Å². The Morgan fingerprint density at radius 3 is 2.39 bits per heavy atom. The summed E-state index contributed by atoms with van der Waals surface area (Å²) in [5.74, 6) is 0.448. The molecular formula is C13H24O4S. The highest BCUT2D eigenvalue weighted by Gasteiger charge is 2.35. The molecule has 1 aliphatic carbocycles. The molecule has 3 unspecified atom stereocenters. The zero-order valence-electron chi connectivity index (χ0n) is 11.0. The third-order valence-corrected chi connectivity index (χ3v) is 6.14. The van der Waals surface area contributed by atoms with Gasteiger partial charge >= 0.3 is 0 Å². The van der Waals surface area contributed by atoms with Crippen LogP contribution in [-0.4, -0.2) is 44.3 Å². The van der Waals surface area contributed by atoms with Crippen molar-refractivity contribution in [1.29, 1.82) is 0 Å². The quantitative estimate of drug-likeness (QED) is 0.846. The Morgan fingerprint density at radius 1 is 1.11 bits per heavy atom. The number of aliphatic hydroxyl groups is 1. The first kappa shape index (κ1) is 14.3. The van der Waals surface area contributed by atoms with Gasteiger partial charge in [-0.1, -0.05) is 6.42 Å². The smallest absolute Gasteiger partial charge is 0.150 e. The molecule has 1 aliphatic heterocycles. The molecule has 2 aliphatic rings. The molecule has 3 atom stereocenters. The standard InChI is InChI=1S/C13H24O4S/c1-18(15,16)12-4-2-3-11(9-12)13(14)10-5-7-17-8-6-10/h10-14H,2-9H2,1H3. The van der Waals surface area contributed by atoms with Crippen molar-refractivity contribution in [3.05, 3.63) is 0 Å². The van der Waals surface area contributed by atoms with Crippen molar-refractivity contribution in [2.24, 2.45) is 11.8 Å². The highest BCUT2D eigenvalue weighted by Crippen LogP contribution is 2.35. The summed E-state index contributed by atoms with van der Waals surface area (Å²) in [6.45, 7) is 1.45. The molecule has 1 saturated heterocycles. The molecule has 106 valence electrons. The van der Waals surface area contributed by atoms with Crippen LogP contribution in [-0.2, 0) is 14.6 Å². The normalized spacial score (nSPS) is 33.2. The number of sulfone groups is 1. The van der Waals surface area contributed by atoms with E-state index in [0.717, 1.165) is 45.3 Å². The summed E-state index contributed by atoms with van der Waals surface area (Å²) in [5.41, 5.74) is 0. The van der Waals surface area contributed by atoms with E-state index < -0.39 is 9.84 Å². The molecule has 0 radical (unpaired) electrons. The van der Waals surface area contributed by atoms with E-state index in [1.165, 1.54) is 6.26 Å². The van der Waals surface area contributed by atoms with Crippen LogP contribution >= 0.6 is 0 Å². The molecule has 5 heteroatoms. The van der Waals surface area contributed by atoms with Gasteiger partial charge < -0.3 is 9.84 Å². The van der Waals surface area contributed by atoms with Crippen LogP contribution in [0.25, 0.3) is 0 Å². The summed E-state index contributed by atoms with van der Waals surface area (Å²) >= 11 is 0. The summed E-state index contributed by atoms with van der Waals surface area (Å²) in [5, 5.41) is 10.2. The van der Waals surface area contributed by atoms with Crippen molar-refractivity contribution in [2.75, 3.05) is 19.5 Å². The highest BCUT2D eigenvalue weighted by atomic mass is 32.2. The molecule has 0 aromatic heterocycles. The zero-order chi connectivity index (χ0) is 13.2. The van der Waals surface area contributed by atoms with E-state index in [4.69, 9.17) is 4.74 Å². The van der Waals surface area contributed by atoms with Gasteiger partial charge in [-0.15, -0.1) is 0 Å². The van der Waals surface area contributed by atoms with E-state index in [0.29, 0.717) is 12.3 Å². The largest absolute Gasteiger partial charge is 0.393 e. The van der Waals surface area contributed by atoms with Crippen LogP contribution in [0.15, 0.2) is 0 Å². The lowest BCUT2D eigenvalue weighted by Gasteiger charge is -2.36. The Hall–Kier alpha value is -0.130. The molecule has 18 heavy (non-hydrogen) atoms. The minimum Gasteiger partial charge on any atom is -0.393 e. The van der Waals surface area contributed by atoms with Crippen molar-refractivity contribution >= 4 is 9.84 Å². The SMILES string of the molecule is CS(=O)(=O)C1CCCC(C(O)C2CCOCC2)C1. The monoisotopic (exact) mass is 276 g/mol. The van der Waals surface area contributed by atoms with Crippen molar-refractivity contribution < 1.29 is 18.3 Å². The summed E-state index contributed by atoms with van der Waals surface area (Å²) in [7, 11) is -2.96. The molecule has 1 saturated carbocycles. The molecule has 0 aromatic carbocycles. The summed E-state index contributed by atoms with van der Waals surface area (Å²) in [6, 6.07) is 0. The Bertz CT molecular complexity index is 359. The van der Waals surface area contributed by atoms with E-state index in [-0.39, 0.29) is 17.3 Å². The van der Waals surface area contributed by atoms with Crippen molar-refractivity contribution in [3.8, 4) is 0 Å². The molecule has 0 bridgehead atoms. The second-order valence-corrected chi connectivity index (χ2v) is 8.14. The Balaban J connectivity index is 1.95. The van der Waals surface area contributed by atoms with Gasteiger partial charge in [-0.2, -0.15) is 0 Å². The Labute approximate surface area is 110 Å². The van der Waals surface area contributed by atoms with Crippen LogP contribution in [0.5, 0.6) is 0 Å². The number of aliphatic hydroxyl groups excluding tert-OH is 1. The molecule has 0 spiro atoms. The lowest BCUT2D eigenvalue weighted by atomic mass is 9.78. The number of rotatable bonds is 3. The third-order valence-electron chi connectivity index (χ3n) is 4.50. The van der Waals surface area contributed by atoms with Gasteiger partial charge in [0.2, 0.25) is 0 Å². The lowest BCUT2D eigenvalue weighted by molar-refractivity contribution is -0.0246. The maximum absolute atomic E-state index is 11.6. The Morgan fingerprint density at radius 2 is 1.78 bits per heavy atom. The van der Waals surface area contributed by atoms with Crippen LogP contribution in [0.2, 0.25) is 0 Å². The van der Waals surface area contributed by atoms with E-state index in [1.54, 1.807) is 0 Å². The topological polar surface area (TPSA) is 63.6 Å². The van der Waals surface area contributed by atoms with Crippen molar-refractivity contribution in [3.63, 3.8) is 0 Å². The Kier molecular flexibility index (Phi) is 4.67. The summed E-state index contributed by atoms with van der Waals surface area (Å²) in [4.78, 5) is 0. The van der Waals surface area contributed by atoms with Crippen molar-refractivity contribution in [1.82, 2.24) is 0 Å². The minimum absolute atomic E-state index is 0.154. The van der Waals surface area contributed by atoms with Crippen LogP contribution in [0.4, 0.5) is 0 Å². The molecule has 4 nitrogen and oxygen atoms in total. The second-order valence-electron chi connectivity index (χ2n) is 5.82. The number of hydrogen-bond acceptors (Lipinski definition) is 4. The summed E-state index contributed by atoms with van der Waals surface area (Å²) in [6.07, 6.45) is 6.06. The molecule has 1 heterocycles. The molecule has 1 N–H and O–H groups in total. The van der Waals surface area contributed by atoms with Gasteiger partial charge in [0.1, 0.15) is 9.84 Å². The molecule has 2 rings (SSSR count). The number of ether oxygens (including phenoxy) is 1. The van der Waals surface area contributed by atoms with Gasteiger partial charge in [0.15, 0.2) is 0 Å². The lowest BCUT2D eigenvalue weighted by Crippen LogP contribution is -2.38. The van der Waals surface area contributed by atoms with Gasteiger partial charge in [-0.3, -0.25) is 0 Å². The average molecular weight is 276 g/mol. The minimum atomic E-state index is -2.96. The maximum atomic E-state index is 11.6. The zero-order valence-corrected chi connectivity index (χ0v) is 11.9. The molecular weight excluding hydrogens is 252 g/mol. The van der Waals surface area contributed by atoms with Crippen LogP contribution < -0.4 is 0 Å². The van der Waals surface area contributed by atoms with Gasteiger partial charge in [0.25, 0.3) is 0 Å². The average Bonchev–Trinajstić information content (AvgIpc) is 2.38. The van der Waals surface area contributed by atoms with Crippen LogP contribution in [0, 0.1) is 11.8 Å².